The van der Waals surface area contributed by atoms with Crippen molar-refractivity contribution in [1.29, 1.82) is 0 Å². The van der Waals surface area contributed by atoms with Crippen LogP contribution in [0, 0.1) is 0 Å². The van der Waals surface area contributed by atoms with E-state index < -0.39 is 11.9 Å². The summed E-state index contributed by atoms with van der Waals surface area (Å²) in [5, 5.41) is 2.68. The first-order valence-electron chi connectivity index (χ1n) is 8.99. The molecule has 0 heterocycles. The van der Waals surface area contributed by atoms with Crippen molar-refractivity contribution in [2.24, 2.45) is 0 Å². The average molecular weight is 382 g/mol. The fourth-order valence-corrected chi connectivity index (χ4v) is 2.74. The molecular formula is C22H26N2O4. The summed E-state index contributed by atoms with van der Waals surface area (Å²) in [7, 11) is 1.28. The molecule has 0 radical (unpaired) electrons. The Kier molecular flexibility index (Phi) is 6.57. The number of methoxy groups -OCH3 is 1. The summed E-state index contributed by atoms with van der Waals surface area (Å²) >= 11 is 0. The summed E-state index contributed by atoms with van der Waals surface area (Å²) in [6.07, 6.45) is 0. The molecule has 2 rings (SSSR count). The van der Waals surface area contributed by atoms with E-state index in [9.17, 15) is 14.4 Å². The Morgan fingerprint density at radius 3 is 2.14 bits per heavy atom. The van der Waals surface area contributed by atoms with Gasteiger partial charge >= 0.3 is 5.97 Å². The standard InChI is InChI=1S/C22H26N2O4/c1-15(25)24(17-12-10-16(11-13-17)22(2,3)4)14-20(26)23-19-9-7-6-8-18(19)21(27)28-5/h6-13H,14H2,1-5H3,(H,23,26). The Bertz CT molecular complexity index is 867. The molecule has 2 aromatic carbocycles. The van der Waals surface area contributed by atoms with E-state index in [1.165, 1.54) is 18.9 Å². The highest BCUT2D eigenvalue weighted by Crippen LogP contribution is 2.25. The number of carbonyl (C=O) groups excluding carboxylic acids is 3. The number of amides is 2. The number of ether oxygens (including phenoxy) is 1. The molecule has 6 heteroatoms. The first-order valence-corrected chi connectivity index (χ1v) is 8.99. The van der Waals surface area contributed by atoms with Gasteiger partial charge in [-0.15, -0.1) is 0 Å². The van der Waals surface area contributed by atoms with Crippen molar-refractivity contribution >= 4 is 29.2 Å². The number of nitrogens with one attached hydrogen (secondary N) is 1. The third kappa shape index (κ3) is 5.19. The highest BCUT2D eigenvalue weighted by atomic mass is 16.5. The second-order valence-corrected chi connectivity index (χ2v) is 7.49. The predicted octanol–water partition coefficient (Wildman–Crippen LogP) is 3.76. The lowest BCUT2D eigenvalue weighted by Crippen LogP contribution is -2.37. The fraction of sp³-hybridized carbons (Fsp3) is 0.318. The van der Waals surface area contributed by atoms with Crippen LogP contribution >= 0.6 is 0 Å². The SMILES string of the molecule is COC(=O)c1ccccc1NC(=O)CN(C(C)=O)c1ccc(C(C)(C)C)cc1. The van der Waals surface area contributed by atoms with Crippen molar-refractivity contribution in [2.45, 2.75) is 33.1 Å². The van der Waals surface area contributed by atoms with Gasteiger partial charge in [0, 0.05) is 12.6 Å². The molecule has 0 unspecified atom stereocenters. The molecule has 2 amide bonds. The van der Waals surface area contributed by atoms with Gasteiger partial charge in [0.05, 0.1) is 18.4 Å². The van der Waals surface area contributed by atoms with Crippen molar-refractivity contribution in [3.63, 3.8) is 0 Å². The summed E-state index contributed by atoms with van der Waals surface area (Å²) in [6.45, 7) is 7.57. The van der Waals surface area contributed by atoms with E-state index in [4.69, 9.17) is 4.74 Å². The van der Waals surface area contributed by atoms with Crippen molar-refractivity contribution in [3.05, 3.63) is 59.7 Å². The molecule has 0 saturated heterocycles. The van der Waals surface area contributed by atoms with Gasteiger partial charge in [0.1, 0.15) is 6.54 Å². The molecule has 0 atom stereocenters. The molecule has 0 aliphatic carbocycles. The maximum atomic E-state index is 12.5. The zero-order valence-corrected chi connectivity index (χ0v) is 16.9. The Hall–Kier alpha value is -3.15. The summed E-state index contributed by atoms with van der Waals surface area (Å²) in [5.41, 5.74) is 2.36. The molecule has 0 spiro atoms. The van der Waals surface area contributed by atoms with Crippen LogP contribution in [0.1, 0.15) is 43.6 Å². The van der Waals surface area contributed by atoms with Crippen LogP contribution in [-0.4, -0.2) is 31.4 Å². The van der Waals surface area contributed by atoms with Gasteiger partial charge in [-0.25, -0.2) is 4.79 Å². The zero-order valence-electron chi connectivity index (χ0n) is 16.9. The van der Waals surface area contributed by atoms with E-state index in [1.807, 2.05) is 24.3 Å². The lowest BCUT2D eigenvalue weighted by Gasteiger charge is -2.23. The Labute approximate surface area is 165 Å². The van der Waals surface area contributed by atoms with Crippen molar-refractivity contribution in [2.75, 3.05) is 23.9 Å². The molecule has 0 aliphatic heterocycles. The predicted molar refractivity (Wildman–Crippen MR) is 110 cm³/mol. The number of benzene rings is 2. The van der Waals surface area contributed by atoms with Crippen molar-refractivity contribution in [1.82, 2.24) is 0 Å². The van der Waals surface area contributed by atoms with Crippen LogP contribution in [0.3, 0.4) is 0 Å². The van der Waals surface area contributed by atoms with Crippen LogP contribution in [0.2, 0.25) is 0 Å². The topological polar surface area (TPSA) is 75.7 Å². The molecular weight excluding hydrogens is 356 g/mol. The molecule has 1 N–H and O–H groups in total. The zero-order chi connectivity index (χ0) is 20.9. The third-order valence-corrected chi connectivity index (χ3v) is 4.33. The number of hydrogen-bond acceptors (Lipinski definition) is 4. The second kappa shape index (κ2) is 8.69. The van der Waals surface area contributed by atoms with Crippen LogP contribution in [0.15, 0.2) is 48.5 Å². The summed E-state index contributed by atoms with van der Waals surface area (Å²) in [5.74, 6) is -1.21. The van der Waals surface area contributed by atoms with Crippen LogP contribution in [0.5, 0.6) is 0 Å². The Morgan fingerprint density at radius 1 is 1.00 bits per heavy atom. The first kappa shape index (κ1) is 21.2. The summed E-state index contributed by atoms with van der Waals surface area (Å²) in [6, 6.07) is 14.1. The van der Waals surface area contributed by atoms with E-state index in [1.54, 1.807) is 24.3 Å². The Morgan fingerprint density at radius 2 is 1.61 bits per heavy atom. The number of rotatable bonds is 5. The first-order chi connectivity index (χ1) is 13.1. The lowest BCUT2D eigenvalue weighted by molar-refractivity contribution is -0.120. The quantitative estimate of drug-likeness (QED) is 0.799. The van der Waals surface area contributed by atoms with E-state index in [0.29, 0.717) is 11.4 Å². The molecule has 0 fully saturated rings. The minimum Gasteiger partial charge on any atom is -0.465 e. The monoisotopic (exact) mass is 382 g/mol. The summed E-state index contributed by atoms with van der Waals surface area (Å²) < 4.78 is 4.73. The highest BCUT2D eigenvalue weighted by Gasteiger charge is 2.19. The number of hydrogen-bond donors (Lipinski definition) is 1. The minimum absolute atomic E-state index is 0.00540. The molecule has 0 aromatic heterocycles. The van der Waals surface area contributed by atoms with Crippen LogP contribution in [-0.2, 0) is 19.7 Å². The minimum atomic E-state index is -0.544. The van der Waals surface area contributed by atoms with Gasteiger partial charge in [-0.1, -0.05) is 45.0 Å². The maximum absolute atomic E-state index is 12.5. The molecule has 6 nitrogen and oxygen atoms in total. The van der Waals surface area contributed by atoms with Gasteiger partial charge in [-0.05, 0) is 35.2 Å². The van der Waals surface area contributed by atoms with E-state index in [0.717, 1.165) is 5.56 Å². The van der Waals surface area contributed by atoms with Gasteiger partial charge in [-0.2, -0.15) is 0 Å². The number of anilines is 2. The van der Waals surface area contributed by atoms with Gasteiger partial charge in [0.25, 0.3) is 0 Å². The van der Waals surface area contributed by atoms with Crippen LogP contribution in [0.25, 0.3) is 0 Å². The Balaban J connectivity index is 2.18. The van der Waals surface area contributed by atoms with Crippen LogP contribution in [0.4, 0.5) is 11.4 Å². The van der Waals surface area contributed by atoms with Gasteiger partial charge < -0.3 is 15.0 Å². The fourth-order valence-electron chi connectivity index (χ4n) is 2.74. The maximum Gasteiger partial charge on any atom is 0.339 e. The molecule has 0 aliphatic rings. The number of carbonyl (C=O) groups is 3. The highest BCUT2D eigenvalue weighted by molar-refractivity contribution is 6.05. The van der Waals surface area contributed by atoms with Gasteiger partial charge in [-0.3, -0.25) is 9.59 Å². The van der Waals surface area contributed by atoms with Gasteiger partial charge in [0.15, 0.2) is 0 Å². The normalized spacial score (nSPS) is 10.9. The molecule has 0 bridgehead atoms. The molecule has 148 valence electrons. The third-order valence-electron chi connectivity index (χ3n) is 4.33. The smallest absolute Gasteiger partial charge is 0.339 e. The number of esters is 1. The molecule has 0 saturated carbocycles. The number of para-hydroxylation sites is 1. The van der Waals surface area contributed by atoms with Crippen LogP contribution < -0.4 is 10.2 Å². The number of nitrogens with zero attached hydrogens (tertiary/aromatic N) is 1. The molecule has 28 heavy (non-hydrogen) atoms. The lowest BCUT2D eigenvalue weighted by atomic mass is 9.87. The second-order valence-electron chi connectivity index (χ2n) is 7.49. The largest absolute Gasteiger partial charge is 0.465 e. The van der Waals surface area contributed by atoms with E-state index in [2.05, 4.69) is 26.1 Å². The van der Waals surface area contributed by atoms with Crippen molar-refractivity contribution < 1.29 is 19.1 Å². The summed E-state index contributed by atoms with van der Waals surface area (Å²) in [4.78, 5) is 37.9. The van der Waals surface area contributed by atoms with E-state index in [-0.39, 0.29) is 23.4 Å². The average Bonchev–Trinajstić information content (AvgIpc) is 2.65. The molecule has 2 aromatic rings. The van der Waals surface area contributed by atoms with E-state index >= 15 is 0 Å². The van der Waals surface area contributed by atoms with Crippen molar-refractivity contribution in [3.8, 4) is 0 Å². The van der Waals surface area contributed by atoms with Gasteiger partial charge in [0.2, 0.25) is 11.8 Å².